The second-order valence-electron chi connectivity index (χ2n) is 9.26. The molecule has 0 N–H and O–H groups in total. The highest BCUT2D eigenvalue weighted by molar-refractivity contribution is 6.03. The van der Waals surface area contributed by atoms with Crippen molar-refractivity contribution in [3.63, 3.8) is 0 Å². The van der Waals surface area contributed by atoms with E-state index in [1.807, 2.05) is 24.3 Å². The summed E-state index contributed by atoms with van der Waals surface area (Å²) < 4.78 is 0. The van der Waals surface area contributed by atoms with Crippen LogP contribution < -0.4 is 4.90 Å². The maximum Gasteiger partial charge on any atom is 0.245 e. The van der Waals surface area contributed by atoms with Crippen molar-refractivity contribution in [2.45, 2.75) is 57.0 Å². The Hall–Kier alpha value is -1.92. The Labute approximate surface area is 180 Å². The number of piperazine rings is 1. The lowest BCUT2D eigenvalue weighted by molar-refractivity contribution is -0.132. The smallest absolute Gasteiger partial charge is 0.245 e. The molecule has 2 fully saturated rings. The molecule has 0 bridgehead atoms. The summed E-state index contributed by atoms with van der Waals surface area (Å²) in [5.41, 5.74) is 2.00. The highest BCUT2D eigenvalue weighted by Crippen LogP contribution is 2.33. The minimum Gasteiger partial charge on any atom is -0.347 e. The fourth-order valence-corrected chi connectivity index (χ4v) is 5.36. The Morgan fingerprint density at radius 2 is 1.70 bits per heavy atom. The quantitative estimate of drug-likeness (QED) is 0.745. The first-order chi connectivity index (χ1) is 14.5. The van der Waals surface area contributed by atoms with E-state index in [9.17, 15) is 9.59 Å². The monoisotopic (exact) mass is 412 g/mol. The van der Waals surface area contributed by atoms with Crippen LogP contribution in [-0.4, -0.2) is 85.4 Å². The van der Waals surface area contributed by atoms with Crippen LogP contribution in [0, 0.1) is 0 Å². The maximum atomic E-state index is 13.2. The molecule has 6 heteroatoms. The van der Waals surface area contributed by atoms with Crippen LogP contribution in [-0.2, 0) is 16.0 Å². The summed E-state index contributed by atoms with van der Waals surface area (Å²) in [7, 11) is 3.53. The van der Waals surface area contributed by atoms with Gasteiger partial charge in [-0.15, -0.1) is 0 Å². The van der Waals surface area contributed by atoms with Crippen LogP contribution in [0.5, 0.6) is 0 Å². The number of likely N-dealkylation sites (N-methyl/N-ethyl adjacent to an activating group) is 1. The van der Waals surface area contributed by atoms with E-state index in [2.05, 4.69) is 9.80 Å². The fraction of sp³-hybridized carbons (Fsp3) is 0.667. The fourth-order valence-electron chi connectivity index (χ4n) is 5.36. The third kappa shape index (κ3) is 4.54. The summed E-state index contributed by atoms with van der Waals surface area (Å²) in [4.78, 5) is 34.4. The van der Waals surface area contributed by atoms with Gasteiger partial charge in [-0.05, 0) is 24.5 Å². The van der Waals surface area contributed by atoms with Gasteiger partial charge in [0.15, 0.2) is 0 Å². The number of para-hydroxylation sites is 1. The van der Waals surface area contributed by atoms with Crippen molar-refractivity contribution in [3.05, 3.63) is 29.8 Å². The lowest BCUT2D eigenvalue weighted by Gasteiger charge is -2.40. The molecule has 164 valence electrons. The normalized spacial score (nSPS) is 23.4. The third-order valence-corrected chi connectivity index (χ3v) is 7.11. The maximum absolute atomic E-state index is 13.2. The number of benzene rings is 1. The van der Waals surface area contributed by atoms with Gasteiger partial charge in [0.1, 0.15) is 6.04 Å². The van der Waals surface area contributed by atoms with Crippen LogP contribution in [0.25, 0.3) is 0 Å². The standard InChI is InChI=1S/C24H36N4O2/c1-25(2)24(30)22-18-19-8-6-7-11-21(19)28(22)23(29)12-13-26-14-16-27(17-15-26)20-9-4-3-5-10-20/h6-8,11,20,22H,3-5,9-10,12-18H2,1-2H3. The molecule has 6 nitrogen and oxygen atoms in total. The number of fused-ring (bicyclic) bond motifs is 1. The first-order valence-corrected chi connectivity index (χ1v) is 11.6. The average Bonchev–Trinajstić information content (AvgIpc) is 3.17. The molecule has 0 aromatic heterocycles. The zero-order valence-corrected chi connectivity index (χ0v) is 18.6. The van der Waals surface area contributed by atoms with Gasteiger partial charge in [0.25, 0.3) is 0 Å². The Morgan fingerprint density at radius 1 is 1.00 bits per heavy atom. The van der Waals surface area contributed by atoms with Gasteiger partial charge in [-0.25, -0.2) is 0 Å². The van der Waals surface area contributed by atoms with Crippen LogP contribution in [0.15, 0.2) is 24.3 Å². The predicted molar refractivity (Wildman–Crippen MR) is 120 cm³/mol. The number of amides is 2. The minimum absolute atomic E-state index is 0.000598. The molecule has 1 aliphatic carbocycles. The summed E-state index contributed by atoms with van der Waals surface area (Å²) in [5, 5.41) is 0. The van der Waals surface area contributed by atoms with Gasteiger partial charge in [0.2, 0.25) is 11.8 Å². The number of nitrogens with zero attached hydrogens (tertiary/aromatic N) is 4. The van der Waals surface area contributed by atoms with E-state index < -0.39 is 6.04 Å². The lowest BCUT2D eigenvalue weighted by Crippen LogP contribution is -2.52. The third-order valence-electron chi connectivity index (χ3n) is 7.11. The molecule has 1 atom stereocenters. The second-order valence-corrected chi connectivity index (χ2v) is 9.26. The zero-order chi connectivity index (χ0) is 21.1. The Kier molecular flexibility index (Phi) is 6.74. The van der Waals surface area contributed by atoms with Crippen molar-refractivity contribution in [2.75, 3.05) is 51.7 Å². The molecule has 1 unspecified atom stereocenters. The summed E-state index contributed by atoms with van der Waals surface area (Å²) >= 11 is 0. The first kappa shape index (κ1) is 21.3. The van der Waals surface area contributed by atoms with Crippen LogP contribution >= 0.6 is 0 Å². The van der Waals surface area contributed by atoms with Crippen LogP contribution in [0.4, 0.5) is 5.69 Å². The SMILES string of the molecule is CN(C)C(=O)C1Cc2ccccc2N1C(=O)CCN1CCN(C2CCCCC2)CC1. The number of hydrogen-bond donors (Lipinski definition) is 0. The van der Waals surface area contributed by atoms with Gasteiger partial charge < -0.3 is 9.80 Å². The highest BCUT2D eigenvalue weighted by Gasteiger charge is 2.38. The molecule has 2 aliphatic heterocycles. The van der Waals surface area contributed by atoms with Gasteiger partial charge in [-0.2, -0.15) is 0 Å². The molecule has 2 heterocycles. The molecule has 4 rings (SSSR count). The van der Waals surface area contributed by atoms with Crippen LogP contribution in [0.3, 0.4) is 0 Å². The van der Waals surface area contributed by atoms with E-state index in [1.165, 1.54) is 32.1 Å². The van der Waals surface area contributed by atoms with E-state index in [0.717, 1.165) is 50.0 Å². The molecule has 1 saturated carbocycles. The van der Waals surface area contributed by atoms with Gasteiger partial charge >= 0.3 is 0 Å². The average molecular weight is 413 g/mol. The molecule has 3 aliphatic rings. The number of hydrogen-bond acceptors (Lipinski definition) is 4. The number of carbonyl (C=O) groups excluding carboxylic acids is 2. The van der Waals surface area contributed by atoms with E-state index in [4.69, 9.17) is 0 Å². The summed E-state index contributed by atoms with van der Waals surface area (Å²) in [5.74, 6) is 0.0653. The Morgan fingerprint density at radius 3 is 2.40 bits per heavy atom. The van der Waals surface area contributed by atoms with Gasteiger partial charge in [0, 0.05) is 71.4 Å². The van der Waals surface area contributed by atoms with Crippen molar-refractivity contribution in [3.8, 4) is 0 Å². The predicted octanol–water partition coefficient (Wildman–Crippen LogP) is 2.37. The van der Waals surface area contributed by atoms with Gasteiger partial charge in [0.05, 0.1) is 0 Å². The lowest BCUT2D eigenvalue weighted by atomic mass is 9.94. The van der Waals surface area contributed by atoms with Gasteiger partial charge in [-0.1, -0.05) is 37.5 Å². The first-order valence-electron chi connectivity index (χ1n) is 11.6. The Bertz CT molecular complexity index is 751. The van der Waals surface area contributed by atoms with E-state index in [0.29, 0.717) is 12.8 Å². The molecule has 1 aromatic rings. The molecular weight excluding hydrogens is 376 g/mol. The number of rotatable bonds is 5. The van der Waals surface area contributed by atoms with Crippen LogP contribution in [0.2, 0.25) is 0 Å². The molecule has 2 amide bonds. The molecule has 0 radical (unpaired) electrons. The second kappa shape index (κ2) is 9.48. The minimum atomic E-state index is -0.409. The summed E-state index contributed by atoms with van der Waals surface area (Å²) in [6.45, 7) is 5.10. The van der Waals surface area contributed by atoms with E-state index in [-0.39, 0.29) is 11.8 Å². The van der Waals surface area contributed by atoms with Gasteiger partial charge in [-0.3, -0.25) is 19.4 Å². The van der Waals surface area contributed by atoms with Crippen molar-refractivity contribution in [2.24, 2.45) is 0 Å². The largest absolute Gasteiger partial charge is 0.347 e. The zero-order valence-electron chi connectivity index (χ0n) is 18.6. The van der Waals surface area contributed by atoms with Crippen molar-refractivity contribution < 1.29 is 9.59 Å². The Balaban J connectivity index is 1.33. The topological polar surface area (TPSA) is 47.1 Å². The molecule has 1 saturated heterocycles. The van der Waals surface area contributed by atoms with Crippen LogP contribution in [0.1, 0.15) is 44.1 Å². The summed E-state index contributed by atoms with van der Waals surface area (Å²) in [6.07, 6.45) is 7.94. The molecule has 0 spiro atoms. The summed E-state index contributed by atoms with van der Waals surface area (Å²) in [6, 6.07) is 8.30. The van der Waals surface area contributed by atoms with E-state index >= 15 is 0 Å². The van der Waals surface area contributed by atoms with Crippen molar-refractivity contribution in [1.29, 1.82) is 0 Å². The van der Waals surface area contributed by atoms with E-state index in [1.54, 1.807) is 23.9 Å². The van der Waals surface area contributed by atoms with Crippen molar-refractivity contribution in [1.82, 2.24) is 14.7 Å². The molecule has 1 aromatic carbocycles. The highest BCUT2D eigenvalue weighted by atomic mass is 16.2. The number of carbonyl (C=O) groups is 2. The molecular formula is C24H36N4O2. The number of anilines is 1. The van der Waals surface area contributed by atoms with Crippen molar-refractivity contribution >= 4 is 17.5 Å². The molecule has 30 heavy (non-hydrogen) atoms.